The summed E-state index contributed by atoms with van der Waals surface area (Å²) in [6.07, 6.45) is 0.679. The molecule has 0 spiro atoms. The quantitative estimate of drug-likeness (QED) is 0.817. The van der Waals surface area contributed by atoms with Crippen LogP contribution >= 0.6 is 11.6 Å². The van der Waals surface area contributed by atoms with Crippen LogP contribution in [0.4, 0.5) is 5.95 Å². The van der Waals surface area contributed by atoms with E-state index in [1.54, 1.807) is 6.92 Å². The average molecular weight is 245 g/mol. The predicted octanol–water partition coefficient (Wildman–Crippen LogP) is 0.495. The van der Waals surface area contributed by atoms with Crippen molar-refractivity contribution in [1.82, 2.24) is 15.0 Å². The Morgan fingerprint density at radius 3 is 2.75 bits per heavy atom. The molecule has 6 nitrogen and oxygen atoms in total. The van der Waals surface area contributed by atoms with Gasteiger partial charge in [-0.2, -0.15) is 15.0 Å². The molecule has 0 amide bonds. The Bertz CT molecular complexity index is 399. The van der Waals surface area contributed by atoms with Crippen LogP contribution in [0.1, 0.15) is 13.3 Å². The van der Waals surface area contributed by atoms with Gasteiger partial charge in [-0.15, -0.1) is 0 Å². The van der Waals surface area contributed by atoms with Gasteiger partial charge in [-0.3, -0.25) is 0 Å². The minimum Gasteiger partial charge on any atom is -0.467 e. The summed E-state index contributed by atoms with van der Waals surface area (Å²) in [4.78, 5) is 13.7. The van der Waals surface area contributed by atoms with E-state index in [9.17, 15) is 5.11 Å². The summed E-state index contributed by atoms with van der Waals surface area (Å²) in [5, 5.41) is 9.94. The minimum atomic E-state index is -0.702. The Morgan fingerprint density at radius 2 is 2.19 bits per heavy atom. The molecule has 1 saturated heterocycles. The monoisotopic (exact) mass is 244 g/mol. The topological polar surface area (TPSA) is 71.4 Å². The van der Waals surface area contributed by atoms with Gasteiger partial charge in [0.2, 0.25) is 11.2 Å². The third-order valence-corrected chi connectivity index (χ3v) is 2.66. The second-order valence-corrected chi connectivity index (χ2v) is 4.40. The zero-order valence-corrected chi connectivity index (χ0v) is 9.90. The van der Waals surface area contributed by atoms with Crippen LogP contribution in [-0.4, -0.2) is 45.9 Å². The summed E-state index contributed by atoms with van der Waals surface area (Å²) < 4.78 is 4.91. The molecule has 1 aromatic heterocycles. The summed E-state index contributed by atoms with van der Waals surface area (Å²) in [5.74, 6) is 0.439. The van der Waals surface area contributed by atoms with Gasteiger partial charge in [-0.1, -0.05) is 0 Å². The lowest BCUT2D eigenvalue weighted by Gasteiger charge is -2.18. The molecule has 0 radical (unpaired) electrons. The van der Waals surface area contributed by atoms with E-state index in [1.807, 2.05) is 4.90 Å². The molecule has 1 unspecified atom stereocenters. The van der Waals surface area contributed by atoms with E-state index in [1.165, 1.54) is 7.11 Å². The maximum atomic E-state index is 9.84. The van der Waals surface area contributed by atoms with Gasteiger partial charge in [0, 0.05) is 13.1 Å². The predicted molar refractivity (Wildman–Crippen MR) is 58.8 cm³/mol. The average Bonchev–Trinajstić information content (AvgIpc) is 2.58. The van der Waals surface area contributed by atoms with Crippen molar-refractivity contribution in [3.8, 4) is 6.01 Å². The summed E-state index contributed by atoms with van der Waals surface area (Å²) in [7, 11) is 1.47. The molecule has 1 fully saturated rings. The zero-order chi connectivity index (χ0) is 11.8. The van der Waals surface area contributed by atoms with Crippen molar-refractivity contribution >= 4 is 17.5 Å². The highest BCUT2D eigenvalue weighted by Crippen LogP contribution is 2.25. The normalized spacial score (nSPS) is 24.9. The van der Waals surface area contributed by atoms with Gasteiger partial charge >= 0.3 is 6.01 Å². The van der Waals surface area contributed by atoms with Gasteiger partial charge < -0.3 is 14.7 Å². The molecular formula is C9H13ClN4O2. The zero-order valence-electron chi connectivity index (χ0n) is 9.14. The van der Waals surface area contributed by atoms with Gasteiger partial charge in [-0.25, -0.2) is 0 Å². The molecule has 1 aromatic rings. The van der Waals surface area contributed by atoms with E-state index in [0.717, 1.165) is 0 Å². The minimum absolute atomic E-state index is 0.0911. The first-order valence-corrected chi connectivity index (χ1v) is 5.31. The highest BCUT2D eigenvalue weighted by Gasteiger charge is 2.33. The molecule has 7 heteroatoms. The van der Waals surface area contributed by atoms with Crippen LogP contribution in [0.2, 0.25) is 5.28 Å². The van der Waals surface area contributed by atoms with Crippen molar-refractivity contribution in [2.45, 2.75) is 18.9 Å². The van der Waals surface area contributed by atoms with Crippen molar-refractivity contribution in [2.24, 2.45) is 0 Å². The fourth-order valence-electron chi connectivity index (χ4n) is 1.67. The van der Waals surface area contributed by atoms with E-state index in [2.05, 4.69) is 15.0 Å². The van der Waals surface area contributed by atoms with Crippen molar-refractivity contribution in [1.29, 1.82) is 0 Å². The van der Waals surface area contributed by atoms with Crippen LogP contribution in [0, 0.1) is 0 Å². The SMILES string of the molecule is COc1nc(Cl)nc(N2CCC(C)(O)C2)n1. The van der Waals surface area contributed by atoms with Gasteiger partial charge in [-0.05, 0) is 24.9 Å². The third-order valence-electron chi connectivity index (χ3n) is 2.49. The second kappa shape index (κ2) is 4.03. The molecule has 1 aliphatic rings. The van der Waals surface area contributed by atoms with Crippen LogP contribution in [0.5, 0.6) is 6.01 Å². The lowest BCUT2D eigenvalue weighted by Crippen LogP contribution is -2.30. The summed E-state index contributed by atoms with van der Waals surface area (Å²) in [6, 6.07) is 0.182. The molecule has 0 saturated carbocycles. The molecule has 0 bridgehead atoms. The van der Waals surface area contributed by atoms with E-state index < -0.39 is 5.60 Å². The highest BCUT2D eigenvalue weighted by molar-refractivity contribution is 6.28. The summed E-state index contributed by atoms with van der Waals surface area (Å²) in [6.45, 7) is 2.96. The number of aromatic nitrogens is 3. The number of rotatable bonds is 2. The van der Waals surface area contributed by atoms with Crippen molar-refractivity contribution < 1.29 is 9.84 Å². The lowest BCUT2D eigenvalue weighted by molar-refractivity contribution is 0.0838. The van der Waals surface area contributed by atoms with Gasteiger partial charge in [0.15, 0.2) is 0 Å². The van der Waals surface area contributed by atoms with Crippen molar-refractivity contribution in [2.75, 3.05) is 25.1 Å². The number of hydrogen-bond acceptors (Lipinski definition) is 6. The molecular weight excluding hydrogens is 232 g/mol. The maximum Gasteiger partial charge on any atom is 0.322 e. The number of methoxy groups -OCH3 is 1. The van der Waals surface area contributed by atoms with Gasteiger partial charge in [0.05, 0.1) is 12.7 Å². The molecule has 1 N–H and O–H groups in total. The van der Waals surface area contributed by atoms with Crippen molar-refractivity contribution in [3.63, 3.8) is 0 Å². The fraction of sp³-hybridized carbons (Fsp3) is 0.667. The summed E-state index contributed by atoms with van der Waals surface area (Å²) in [5.41, 5.74) is -0.702. The largest absolute Gasteiger partial charge is 0.467 e. The number of hydrogen-bond donors (Lipinski definition) is 1. The van der Waals surface area contributed by atoms with E-state index >= 15 is 0 Å². The molecule has 88 valence electrons. The van der Waals surface area contributed by atoms with Crippen LogP contribution in [0.25, 0.3) is 0 Å². The number of nitrogens with zero attached hydrogens (tertiary/aromatic N) is 4. The Labute approximate surface area is 98.2 Å². The fourth-order valence-corrected chi connectivity index (χ4v) is 1.82. The number of halogens is 1. The smallest absolute Gasteiger partial charge is 0.322 e. The molecule has 0 aromatic carbocycles. The Hall–Kier alpha value is -1.14. The molecule has 1 atom stereocenters. The highest BCUT2D eigenvalue weighted by atomic mass is 35.5. The van der Waals surface area contributed by atoms with E-state index in [4.69, 9.17) is 16.3 Å². The van der Waals surface area contributed by atoms with Gasteiger partial charge in [0.1, 0.15) is 0 Å². The van der Waals surface area contributed by atoms with Crippen LogP contribution in [-0.2, 0) is 0 Å². The van der Waals surface area contributed by atoms with Crippen LogP contribution < -0.4 is 9.64 Å². The third kappa shape index (κ3) is 2.33. The molecule has 2 heterocycles. The van der Waals surface area contributed by atoms with Crippen LogP contribution in [0.15, 0.2) is 0 Å². The van der Waals surface area contributed by atoms with Crippen LogP contribution in [0.3, 0.4) is 0 Å². The number of ether oxygens (including phenoxy) is 1. The molecule has 1 aliphatic heterocycles. The Morgan fingerprint density at radius 1 is 1.44 bits per heavy atom. The Kier molecular flexibility index (Phi) is 2.86. The first kappa shape index (κ1) is 11.3. The maximum absolute atomic E-state index is 9.84. The first-order chi connectivity index (χ1) is 7.50. The standard InChI is InChI=1S/C9H13ClN4O2/c1-9(15)3-4-14(5-9)7-11-6(10)12-8(13-7)16-2/h15H,3-5H2,1-2H3. The molecule has 0 aliphatic carbocycles. The Balaban J connectivity index is 2.24. The van der Waals surface area contributed by atoms with Gasteiger partial charge in [0.25, 0.3) is 0 Å². The lowest BCUT2D eigenvalue weighted by atomic mass is 10.1. The summed E-state index contributed by atoms with van der Waals surface area (Å²) >= 11 is 5.75. The van der Waals surface area contributed by atoms with Crippen molar-refractivity contribution in [3.05, 3.63) is 5.28 Å². The number of aliphatic hydroxyl groups is 1. The first-order valence-electron chi connectivity index (χ1n) is 4.93. The molecule has 2 rings (SSSR count). The molecule has 16 heavy (non-hydrogen) atoms. The van der Waals surface area contributed by atoms with E-state index in [0.29, 0.717) is 25.5 Å². The van der Waals surface area contributed by atoms with E-state index in [-0.39, 0.29) is 11.3 Å². The second-order valence-electron chi connectivity index (χ2n) is 4.06. The number of anilines is 1. The number of β-amino-alcohol motifs (C(OH)–C–C–N with tert-alkyl or cyclic N) is 1.